The number of rotatable bonds is 12. The molecule has 0 aromatic carbocycles. The smallest absolute Gasteiger partial charge is 0.259 e. The van der Waals surface area contributed by atoms with Crippen LogP contribution < -0.4 is 11.1 Å². The zero-order chi connectivity index (χ0) is 15.9. The summed E-state index contributed by atoms with van der Waals surface area (Å²) >= 11 is 10.8. The second-order valence-electron chi connectivity index (χ2n) is 5.24. The number of amides is 1. The van der Waals surface area contributed by atoms with Crippen LogP contribution in [0.1, 0.15) is 71.1 Å². The number of halogens is 2. The van der Waals surface area contributed by atoms with Crippen LogP contribution in [0.15, 0.2) is 4.99 Å². The first-order chi connectivity index (χ1) is 10.1. The monoisotopic (exact) mass is 337 g/mol. The van der Waals surface area contributed by atoms with Gasteiger partial charge in [-0.1, -0.05) is 87.9 Å². The lowest BCUT2D eigenvalue weighted by atomic mass is 10.1. The number of nitrogens with one attached hydrogen (secondary N) is 1. The van der Waals surface area contributed by atoms with Gasteiger partial charge in [-0.15, -0.1) is 0 Å². The van der Waals surface area contributed by atoms with Crippen molar-refractivity contribution in [1.29, 1.82) is 0 Å². The number of alkyl halides is 2. The third-order valence-corrected chi connectivity index (χ3v) is 3.64. The van der Waals surface area contributed by atoms with Gasteiger partial charge in [0.25, 0.3) is 5.91 Å². The summed E-state index contributed by atoms with van der Waals surface area (Å²) in [5, 5.41) is 2.34. The van der Waals surface area contributed by atoms with Crippen LogP contribution in [0, 0.1) is 0 Å². The number of carbonyl (C=O) groups is 1. The van der Waals surface area contributed by atoms with Crippen molar-refractivity contribution in [1.82, 2.24) is 5.32 Å². The molecule has 6 heteroatoms. The van der Waals surface area contributed by atoms with Gasteiger partial charge in [0.1, 0.15) is 0 Å². The van der Waals surface area contributed by atoms with E-state index in [-0.39, 0.29) is 5.96 Å². The van der Waals surface area contributed by atoms with Crippen molar-refractivity contribution in [3.63, 3.8) is 0 Å². The zero-order valence-corrected chi connectivity index (χ0v) is 14.6. The van der Waals surface area contributed by atoms with Crippen molar-refractivity contribution < 1.29 is 4.79 Å². The van der Waals surface area contributed by atoms with Crippen molar-refractivity contribution in [3.8, 4) is 0 Å². The van der Waals surface area contributed by atoms with Gasteiger partial charge in [-0.05, 0) is 6.42 Å². The van der Waals surface area contributed by atoms with Gasteiger partial charge in [0, 0.05) is 6.54 Å². The van der Waals surface area contributed by atoms with Gasteiger partial charge in [0.2, 0.25) is 0 Å². The number of hydrogen-bond acceptors (Lipinski definition) is 2. The summed E-state index contributed by atoms with van der Waals surface area (Å²) in [6.45, 7) is 2.86. The maximum atomic E-state index is 11.1. The molecule has 0 saturated carbocycles. The molecule has 0 fully saturated rings. The molecule has 1 amide bonds. The SMILES string of the molecule is CCCCCCCCCCCCN=C(N)NC(=O)C(Cl)Cl. The van der Waals surface area contributed by atoms with E-state index in [1.54, 1.807) is 0 Å². The topological polar surface area (TPSA) is 67.5 Å². The molecule has 0 atom stereocenters. The van der Waals surface area contributed by atoms with E-state index in [1.165, 1.54) is 51.4 Å². The molecule has 0 heterocycles. The van der Waals surface area contributed by atoms with Crippen molar-refractivity contribution in [2.24, 2.45) is 10.7 Å². The van der Waals surface area contributed by atoms with Crippen LogP contribution >= 0.6 is 23.2 Å². The molecule has 0 aliphatic carbocycles. The lowest BCUT2D eigenvalue weighted by Crippen LogP contribution is -2.39. The van der Waals surface area contributed by atoms with Crippen LogP contribution in [0.3, 0.4) is 0 Å². The summed E-state index contributed by atoms with van der Waals surface area (Å²) in [5.41, 5.74) is 5.53. The van der Waals surface area contributed by atoms with Crippen LogP contribution in [0.25, 0.3) is 0 Å². The third-order valence-electron chi connectivity index (χ3n) is 3.24. The van der Waals surface area contributed by atoms with Gasteiger partial charge in [-0.3, -0.25) is 15.1 Å². The number of carbonyl (C=O) groups excluding carboxylic acids is 1. The Hall–Kier alpha value is -0.480. The number of nitrogens with zero attached hydrogens (tertiary/aromatic N) is 1. The molecule has 21 heavy (non-hydrogen) atoms. The molecular weight excluding hydrogens is 309 g/mol. The second kappa shape index (κ2) is 14.5. The molecule has 0 spiro atoms. The Morgan fingerprint density at radius 2 is 1.48 bits per heavy atom. The first-order valence-corrected chi connectivity index (χ1v) is 8.84. The average molecular weight is 338 g/mol. The zero-order valence-electron chi connectivity index (χ0n) is 13.0. The summed E-state index contributed by atoms with van der Waals surface area (Å²) < 4.78 is 0. The third kappa shape index (κ3) is 14.2. The predicted molar refractivity (Wildman–Crippen MR) is 92.0 cm³/mol. The Morgan fingerprint density at radius 3 is 1.95 bits per heavy atom. The van der Waals surface area contributed by atoms with Crippen molar-refractivity contribution in [2.45, 2.75) is 76.0 Å². The van der Waals surface area contributed by atoms with E-state index in [9.17, 15) is 4.79 Å². The van der Waals surface area contributed by atoms with Crippen molar-refractivity contribution in [2.75, 3.05) is 6.54 Å². The Kier molecular flexibility index (Phi) is 14.1. The van der Waals surface area contributed by atoms with E-state index >= 15 is 0 Å². The Morgan fingerprint density at radius 1 is 1.00 bits per heavy atom. The fourth-order valence-electron chi connectivity index (χ4n) is 2.02. The minimum absolute atomic E-state index is 0.0854. The lowest BCUT2D eigenvalue weighted by molar-refractivity contribution is -0.118. The maximum Gasteiger partial charge on any atom is 0.259 e. The molecule has 0 aromatic heterocycles. The van der Waals surface area contributed by atoms with Gasteiger partial charge in [-0.25, -0.2) is 0 Å². The van der Waals surface area contributed by atoms with E-state index in [2.05, 4.69) is 17.2 Å². The normalized spacial score (nSPS) is 11.9. The molecule has 0 rings (SSSR count). The summed E-state index contributed by atoms with van der Waals surface area (Å²) in [6.07, 6.45) is 12.8. The standard InChI is InChI=1S/C15H29Cl2N3O/c1-2-3-4-5-6-7-8-9-10-11-12-19-15(18)20-14(21)13(16)17/h13H,2-12H2,1H3,(H3,18,19,20,21). The molecule has 4 nitrogen and oxygen atoms in total. The van der Waals surface area contributed by atoms with E-state index in [4.69, 9.17) is 28.9 Å². The molecule has 0 aliphatic rings. The van der Waals surface area contributed by atoms with Gasteiger partial charge < -0.3 is 5.73 Å². The molecule has 3 N–H and O–H groups in total. The van der Waals surface area contributed by atoms with Crippen molar-refractivity contribution in [3.05, 3.63) is 0 Å². The fraction of sp³-hybridized carbons (Fsp3) is 0.867. The molecule has 0 saturated heterocycles. The number of unbranched alkanes of at least 4 members (excludes halogenated alkanes) is 9. The van der Waals surface area contributed by atoms with Crippen LogP contribution in [0.2, 0.25) is 0 Å². The van der Waals surface area contributed by atoms with Gasteiger partial charge in [0.05, 0.1) is 0 Å². The molecular formula is C15H29Cl2N3O. The summed E-state index contributed by atoms with van der Waals surface area (Å²) in [5.74, 6) is -0.454. The molecule has 0 radical (unpaired) electrons. The first-order valence-electron chi connectivity index (χ1n) is 7.96. The Bertz CT molecular complexity index is 297. The highest BCUT2D eigenvalue weighted by Gasteiger charge is 2.11. The van der Waals surface area contributed by atoms with E-state index < -0.39 is 10.7 Å². The molecule has 0 aromatic rings. The maximum absolute atomic E-state index is 11.1. The highest BCUT2D eigenvalue weighted by atomic mass is 35.5. The van der Waals surface area contributed by atoms with Gasteiger partial charge in [0.15, 0.2) is 10.8 Å². The Balaban J connectivity index is 3.37. The predicted octanol–water partition coefficient (Wildman–Crippen LogP) is 4.14. The molecule has 0 aliphatic heterocycles. The summed E-state index contributed by atoms with van der Waals surface area (Å²) in [7, 11) is 0. The van der Waals surface area contributed by atoms with Crippen LogP contribution in [-0.2, 0) is 4.79 Å². The Labute approximate surface area is 138 Å². The van der Waals surface area contributed by atoms with Crippen LogP contribution in [0.5, 0.6) is 0 Å². The second-order valence-corrected chi connectivity index (χ2v) is 6.34. The summed E-state index contributed by atoms with van der Waals surface area (Å²) in [6, 6.07) is 0. The number of guanidine groups is 1. The number of nitrogens with two attached hydrogens (primary N) is 1. The highest BCUT2D eigenvalue weighted by Crippen LogP contribution is 2.10. The minimum Gasteiger partial charge on any atom is -0.370 e. The quantitative estimate of drug-likeness (QED) is 0.243. The first kappa shape index (κ1) is 20.5. The van der Waals surface area contributed by atoms with Crippen LogP contribution in [-0.4, -0.2) is 23.2 Å². The summed E-state index contributed by atoms with van der Waals surface area (Å²) in [4.78, 5) is 14.1. The molecule has 124 valence electrons. The lowest BCUT2D eigenvalue weighted by Gasteiger charge is -2.04. The highest BCUT2D eigenvalue weighted by molar-refractivity contribution is 6.54. The van der Waals surface area contributed by atoms with E-state index in [0.717, 1.165) is 12.8 Å². The van der Waals surface area contributed by atoms with Crippen molar-refractivity contribution >= 4 is 35.1 Å². The molecule has 0 bridgehead atoms. The minimum atomic E-state index is -1.11. The average Bonchev–Trinajstić information content (AvgIpc) is 2.44. The molecule has 0 unspecified atom stereocenters. The fourth-order valence-corrected chi connectivity index (χ4v) is 2.13. The van der Waals surface area contributed by atoms with Crippen LogP contribution in [0.4, 0.5) is 0 Å². The largest absolute Gasteiger partial charge is 0.370 e. The van der Waals surface area contributed by atoms with Gasteiger partial charge >= 0.3 is 0 Å². The van der Waals surface area contributed by atoms with Gasteiger partial charge in [-0.2, -0.15) is 0 Å². The number of aliphatic imine (C=N–C) groups is 1. The van der Waals surface area contributed by atoms with E-state index in [1.807, 2.05) is 0 Å². The van der Waals surface area contributed by atoms with E-state index in [0.29, 0.717) is 6.54 Å². The number of hydrogen-bond donors (Lipinski definition) is 2.